The lowest BCUT2D eigenvalue weighted by atomic mass is 10.0. The van der Waals surface area contributed by atoms with E-state index in [4.69, 9.17) is 0 Å². The molecule has 5 nitrogen and oxygen atoms in total. The summed E-state index contributed by atoms with van der Waals surface area (Å²) >= 11 is 0. The zero-order valence-corrected chi connectivity index (χ0v) is 13.3. The van der Waals surface area contributed by atoms with Crippen molar-refractivity contribution >= 4 is 0 Å². The van der Waals surface area contributed by atoms with Crippen molar-refractivity contribution in [1.82, 2.24) is 25.4 Å². The van der Waals surface area contributed by atoms with Gasteiger partial charge in [0.05, 0.1) is 17.9 Å². The molecule has 0 saturated carbocycles. The molecule has 2 aromatic rings. The van der Waals surface area contributed by atoms with Gasteiger partial charge in [-0.15, -0.1) is 0 Å². The molecule has 0 aliphatic carbocycles. The Morgan fingerprint density at radius 1 is 1.30 bits per heavy atom. The second-order valence-corrected chi connectivity index (χ2v) is 5.76. The third kappa shape index (κ3) is 3.02. The van der Waals surface area contributed by atoms with Gasteiger partial charge in [-0.25, -0.2) is 4.98 Å². The van der Waals surface area contributed by atoms with Gasteiger partial charge in [-0.1, -0.05) is 19.4 Å². The Kier molecular flexibility index (Phi) is 4.23. The maximum Gasteiger partial charge on any atom is 0.213 e. The smallest absolute Gasteiger partial charge is 0.213 e. The van der Waals surface area contributed by atoms with Crippen LogP contribution in [0, 0.1) is 5.95 Å². The summed E-state index contributed by atoms with van der Waals surface area (Å²) in [7, 11) is 0. The van der Waals surface area contributed by atoms with Gasteiger partial charge in [0.1, 0.15) is 0 Å². The standard InChI is InChI=1S/C17H20FN5/c1-3-5-13-8-9-20-22-14(13)12-23-11-10-19-17(23,2)15-6-4-7-16(18)21-15/h4,6-11,19H,3,5,12H2,1-2H3. The van der Waals surface area contributed by atoms with Crippen molar-refractivity contribution in [2.45, 2.75) is 38.9 Å². The molecule has 23 heavy (non-hydrogen) atoms. The van der Waals surface area contributed by atoms with Gasteiger partial charge >= 0.3 is 0 Å². The van der Waals surface area contributed by atoms with Crippen molar-refractivity contribution in [3.63, 3.8) is 0 Å². The minimum absolute atomic E-state index is 0.483. The Hall–Kier alpha value is -2.50. The van der Waals surface area contributed by atoms with Crippen LogP contribution in [0.5, 0.6) is 0 Å². The quantitative estimate of drug-likeness (QED) is 0.860. The average molecular weight is 313 g/mol. The number of rotatable bonds is 5. The van der Waals surface area contributed by atoms with Gasteiger partial charge in [0, 0.05) is 18.6 Å². The normalized spacial score (nSPS) is 19.9. The number of hydrogen-bond acceptors (Lipinski definition) is 5. The summed E-state index contributed by atoms with van der Waals surface area (Å²) in [5, 5.41) is 11.6. The minimum atomic E-state index is -0.608. The molecule has 6 heteroatoms. The Balaban J connectivity index is 1.89. The van der Waals surface area contributed by atoms with Crippen molar-refractivity contribution < 1.29 is 4.39 Å². The maximum absolute atomic E-state index is 13.5. The highest BCUT2D eigenvalue weighted by Gasteiger charge is 2.36. The van der Waals surface area contributed by atoms with Gasteiger partial charge in [0.2, 0.25) is 5.95 Å². The molecule has 0 amide bonds. The fourth-order valence-electron chi connectivity index (χ4n) is 2.81. The number of nitrogens with one attached hydrogen (secondary N) is 1. The van der Waals surface area contributed by atoms with Crippen LogP contribution in [0.25, 0.3) is 0 Å². The number of halogens is 1. The lowest BCUT2D eigenvalue weighted by molar-refractivity contribution is 0.147. The molecule has 0 saturated heterocycles. The molecule has 1 aliphatic rings. The van der Waals surface area contributed by atoms with Crippen molar-refractivity contribution in [1.29, 1.82) is 0 Å². The third-order valence-electron chi connectivity index (χ3n) is 4.14. The lowest BCUT2D eigenvalue weighted by Crippen LogP contribution is -2.46. The van der Waals surface area contributed by atoms with Crippen LogP contribution in [-0.4, -0.2) is 20.1 Å². The predicted octanol–water partition coefficient (Wildman–Crippen LogP) is 2.71. The fourth-order valence-corrected chi connectivity index (χ4v) is 2.81. The highest BCUT2D eigenvalue weighted by Crippen LogP contribution is 2.30. The van der Waals surface area contributed by atoms with E-state index < -0.39 is 11.6 Å². The number of hydrogen-bond donors (Lipinski definition) is 1. The highest BCUT2D eigenvalue weighted by molar-refractivity contribution is 5.23. The first-order valence-electron chi connectivity index (χ1n) is 7.77. The predicted molar refractivity (Wildman–Crippen MR) is 85.4 cm³/mol. The summed E-state index contributed by atoms with van der Waals surface area (Å²) in [5.41, 5.74) is 2.15. The summed E-state index contributed by atoms with van der Waals surface area (Å²) in [6, 6.07) is 6.85. The molecule has 1 aliphatic heterocycles. The van der Waals surface area contributed by atoms with E-state index in [0.29, 0.717) is 12.2 Å². The molecular weight excluding hydrogens is 293 g/mol. The van der Waals surface area contributed by atoms with E-state index >= 15 is 0 Å². The van der Waals surface area contributed by atoms with Crippen LogP contribution >= 0.6 is 0 Å². The average Bonchev–Trinajstić information content (AvgIpc) is 2.92. The molecule has 2 aromatic heterocycles. The summed E-state index contributed by atoms with van der Waals surface area (Å²) < 4.78 is 13.5. The Labute approximate surface area is 135 Å². The van der Waals surface area contributed by atoms with E-state index in [2.05, 4.69) is 32.3 Å². The molecule has 120 valence electrons. The minimum Gasteiger partial charge on any atom is -0.363 e. The first-order valence-corrected chi connectivity index (χ1v) is 7.77. The van der Waals surface area contributed by atoms with Crippen LogP contribution in [0.3, 0.4) is 0 Å². The Morgan fingerprint density at radius 2 is 2.17 bits per heavy atom. The van der Waals surface area contributed by atoms with Gasteiger partial charge in [-0.2, -0.15) is 14.6 Å². The number of aromatic nitrogens is 3. The van der Waals surface area contributed by atoms with E-state index in [9.17, 15) is 4.39 Å². The monoisotopic (exact) mass is 313 g/mol. The van der Waals surface area contributed by atoms with E-state index in [1.807, 2.05) is 31.5 Å². The molecule has 1 N–H and O–H groups in total. The summed E-state index contributed by atoms with van der Waals surface area (Å²) in [6.45, 7) is 4.70. The molecule has 0 aromatic carbocycles. The highest BCUT2D eigenvalue weighted by atomic mass is 19.1. The van der Waals surface area contributed by atoms with Crippen LogP contribution in [0.2, 0.25) is 0 Å². The first-order chi connectivity index (χ1) is 11.1. The number of aryl methyl sites for hydroxylation is 1. The molecule has 0 bridgehead atoms. The van der Waals surface area contributed by atoms with Gasteiger partial charge < -0.3 is 10.2 Å². The zero-order valence-electron chi connectivity index (χ0n) is 13.3. The summed E-state index contributed by atoms with van der Waals surface area (Å²) in [4.78, 5) is 6.10. The third-order valence-corrected chi connectivity index (χ3v) is 4.14. The molecule has 3 heterocycles. The van der Waals surface area contributed by atoms with Crippen molar-refractivity contribution in [3.05, 3.63) is 65.8 Å². The Bertz CT molecular complexity index is 718. The molecule has 3 rings (SSSR count). The molecule has 0 spiro atoms. The van der Waals surface area contributed by atoms with Crippen LogP contribution in [0.15, 0.2) is 42.9 Å². The molecule has 0 radical (unpaired) electrons. The fraction of sp³-hybridized carbons (Fsp3) is 0.353. The van der Waals surface area contributed by atoms with Crippen LogP contribution in [0.4, 0.5) is 4.39 Å². The van der Waals surface area contributed by atoms with Crippen molar-refractivity contribution in [2.75, 3.05) is 0 Å². The van der Waals surface area contributed by atoms with E-state index in [0.717, 1.165) is 18.5 Å². The summed E-state index contributed by atoms with van der Waals surface area (Å²) in [6.07, 6.45) is 7.53. The van der Waals surface area contributed by atoms with Crippen LogP contribution < -0.4 is 5.32 Å². The SMILES string of the molecule is CCCc1ccnnc1CN1C=CNC1(C)c1cccc(F)n1. The largest absolute Gasteiger partial charge is 0.363 e. The van der Waals surface area contributed by atoms with Gasteiger partial charge in [-0.3, -0.25) is 0 Å². The number of pyridine rings is 1. The van der Waals surface area contributed by atoms with E-state index in [-0.39, 0.29) is 0 Å². The number of nitrogens with zero attached hydrogens (tertiary/aromatic N) is 4. The first kappa shape index (κ1) is 15.4. The molecule has 0 fully saturated rings. The van der Waals surface area contributed by atoms with Crippen LogP contribution in [0.1, 0.15) is 37.2 Å². The second kappa shape index (κ2) is 6.32. The molecule has 1 atom stereocenters. The second-order valence-electron chi connectivity index (χ2n) is 5.76. The van der Waals surface area contributed by atoms with Crippen molar-refractivity contribution in [2.24, 2.45) is 0 Å². The van der Waals surface area contributed by atoms with Gasteiger partial charge in [0.15, 0.2) is 5.66 Å². The lowest BCUT2D eigenvalue weighted by Gasteiger charge is -2.36. The molecule has 1 unspecified atom stereocenters. The van der Waals surface area contributed by atoms with Gasteiger partial charge in [0.25, 0.3) is 0 Å². The Morgan fingerprint density at radius 3 is 2.96 bits per heavy atom. The zero-order chi connectivity index (χ0) is 16.3. The molecular formula is C17H20FN5. The van der Waals surface area contributed by atoms with E-state index in [1.54, 1.807) is 12.3 Å². The topological polar surface area (TPSA) is 53.9 Å². The maximum atomic E-state index is 13.5. The van der Waals surface area contributed by atoms with Crippen molar-refractivity contribution in [3.8, 4) is 0 Å². The van der Waals surface area contributed by atoms with Gasteiger partial charge in [-0.05, 0) is 37.1 Å². The summed E-state index contributed by atoms with van der Waals surface area (Å²) in [5.74, 6) is -0.483. The van der Waals surface area contributed by atoms with Crippen LogP contribution in [-0.2, 0) is 18.6 Å². The van der Waals surface area contributed by atoms with E-state index in [1.165, 1.54) is 11.6 Å².